The molecule has 7 nitrogen and oxygen atoms in total. The van der Waals surface area contributed by atoms with Crippen LogP contribution in [0.1, 0.15) is 42.7 Å². The van der Waals surface area contributed by atoms with E-state index in [2.05, 4.69) is 34.9 Å². The molecule has 0 saturated heterocycles. The van der Waals surface area contributed by atoms with E-state index in [4.69, 9.17) is 9.84 Å². The Morgan fingerprint density at radius 1 is 1.00 bits per heavy atom. The van der Waals surface area contributed by atoms with Gasteiger partial charge in [0.2, 0.25) is 5.91 Å². The Morgan fingerprint density at radius 3 is 2.35 bits per heavy atom. The average Bonchev–Trinajstić information content (AvgIpc) is 3.38. The van der Waals surface area contributed by atoms with Gasteiger partial charge in [-0.3, -0.25) is 9.59 Å². The van der Waals surface area contributed by atoms with Crippen molar-refractivity contribution in [1.82, 2.24) is 10.6 Å². The molecule has 1 saturated carbocycles. The van der Waals surface area contributed by atoms with E-state index < -0.39 is 12.1 Å². The van der Waals surface area contributed by atoms with Crippen molar-refractivity contribution in [3.63, 3.8) is 0 Å². The van der Waals surface area contributed by atoms with Crippen LogP contribution in [-0.4, -0.2) is 53.8 Å². The molecule has 4 rings (SSSR count). The Bertz CT molecular complexity index is 998. The van der Waals surface area contributed by atoms with Crippen molar-refractivity contribution in [3.05, 3.63) is 59.7 Å². The summed E-state index contributed by atoms with van der Waals surface area (Å²) in [4.78, 5) is 35.3. The molecule has 0 aliphatic heterocycles. The number of carbonyl (C=O) groups is 3. The zero-order valence-electron chi connectivity index (χ0n) is 19.0. The molecule has 2 atom stereocenters. The van der Waals surface area contributed by atoms with Crippen molar-refractivity contribution < 1.29 is 24.2 Å². The Morgan fingerprint density at radius 2 is 1.68 bits per heavy atom. The molecule has 0 unspecified atom stereocenters. The van der Waals surface area contributed by atoms with Crippen LogP contribution in [0, 0.1) is 5.92 Å². The molecule has 2 amide bonds. The van der Waals surface area contributed by atoms with Gasteiger partial charge in [0, 0.05) is 24.3 Å². The summed E-state index contributed by atoms with van der Waals surface area (Å²) in [5, 5.41) is 14.7. The van der Waals surface area contributed by atoms with Gasteiger partial charge in [-0.1, -0.05) is 55.0 Å². The van der Waals surface area contributed by atoms with Crippen LogP contribution < -0.4 is 10.6 Å². The molecule has 0 aromatic heterocycles. The number of hydrogen-bond acceptors (Lipinski definition) is 5. The normalized spacial score (nSPS) is 18.7. The van der Waals surface area contributed by atoms with E-state index >= 15 is 0 Å². The third kappa shape index (κ3) is 5.91. The Hall–Kier alpha value is -3.00. The first-order valence-electron chi connectivity index (χ1n) is 11.7. The number of thioether (sulfide) groups is 1. The number of carbonyl (C=O) groups excluding carboxylic acids is 2. The predicted molar refractivity (Wildman–Crippen MR) is 132 cm³/mol. The van der Waals surface area contributed by atoms with Crippen molar-refractivity contribution in [2.45, 2.75) is 37.6 Å². The molecule has 2 aromatic rings. The van der Waals surface area contributed by atoms with Crippen molar-refractivity contribution in [2.75, 3.05) is 24.7 Å². The van der Waals surface area contributed by atoms with Crippen LogP contribution in [0.5, 0.6) is 0 Å². The van der Waals surface area contributed by atoms with Crippen molar-refractivity contribution in [3.8, 4) is 11.1 Å². The number of alkyl carbamates (subject to hydrolysis) is 1. The summed E-state index contributed by atoms with van der Waals surface area (Å²) in [7, 11) is 0. The number of fused-ring (bicyclic) bond motifs is 3. The lowest BCUT2D eigenvalue weighted by Crippen LogP contribution is -2.39. The number of amides is 2. The molecular formula is C26H30N2O5S. The number of carboxylic acids is 1. The van der Waals surface area contributed by atoms with Crippen LogP contribution in [0.15, 0.2) is 48.5 Å². The second-order valence-corrected chi connectivity index (χ2v) is 9.87. The van der Waals surface area contributed by atoms with E-state index in [0.29, 0.717) is 12.3 Å². The van der Waals surface area contributed by atoms with E-state index in [0.717, 1.165) is 19.3 Å². The number of nitrogens with one attached hydrogen (secondary N) is 2. The monoisotopic (exact) mass is 482 g/mol. The first-order valence-corrected chi connectivity index (χ1v) is 12.9. The Balaban J connectivity index is 1.14. The van der Waals surface area contributed by atoms with Crippen LogP contribution in [0.4, 0.5) is 4.79 Å². The van der Waals surface area contributed by atoms with Gasteiger partial charge in [-0.25, -0.2) is 4.79 Å². The van der Waals surface area contributed by atoms with Gasteiger partial charge in [-0.2, -0.15) is 11.8 Å². The van der Waals surface area contributed by atoms with Crippen molar-refractivity contribution in [2.24, 2.45) is 5.92 Å². The zero-order valence-corrected chi connectivity index (χ0v) is 19.8. The molecule has 34 heavy (non-hydrogen) atoms. The lowest BCUT2D eigenvalue weighted by molar-refractivity contribution is -0.138. The van der Waals surface area contributed by atoms with Crippen LogP contribution in [0.3, 0.4) is 0 Å². The largest absolute Gasteiger partial charge is 0.481 e. The topological polar surface area (TPSA) is 105 Å². The molecular weight excluding hydrogens is 452 g/mol. The van der Waals surface area contributed by atoms with E-state index in [9.17, 15) is 14.4 Å². The lowest BCUT2D eigenvalue weighted by Gasteiger charge is -2.19. The summed E-state index contributed by atoms with van der Waals surface area (Å²) in [6.45, 7) is 0.675. The molecule has 0 heterocycles. The summed E-state index contributed by atoms with van der Waals surface area (Å²) in [6.07, 6.45) is 2.25. The van der Waals surface area contributed by atoms with Gasteiger partial charge in [0.1, 0.15) is 6.61 Å². The van der Waals surface area contributed by atoms with Crippen LogP contribution >= 0.6 is 11.8 Å². The number of aliphatic carboxylic acids is 1. The first kappa shape index (κ1) is 24.1. The first-order chi connectivity index (χ1) is 16.5. The minimum absolute atomic E-state index is 0.0154. The summed E-state index contributed by atoms with van der Waals surface area (Å²) in [5.74, 6) is -0.00421. The third-order valence-corrected chi connectivity index (χ3v) is 7.49. The highest BCUT2D eigenvalue weighted by Crippen LogP contribution is 2.44. The fourth-order valence-electron chi connectivity index (χ4n) is 4.98. The quantitative estimate of drug-likeness (QED) is 0.442. The fraction of sp³-hybridized carbons (Fsp3) is 0.423. The van der Waals surface area contributed by atoms with Crippen molar-refractivity contribution >= 4 is 29.7 Å². The fourth-order valence-corrected chi connectivity index (χ4v) is 5.64. The number of hydrogen-bond donors (Lipinski definition) is 3. The summed E-state index contributed by atoms with van der Waals surface area (Å²) in [6, 6.07) is 16.4. The maximum Gasteiger partial charge on any atom is 0.407 e. The maximum absolute atomic E-state index is 12.2. The van der Waals surface area contributed by atoms with Crippen LogP contribution in [0.2, 0.25) is 0 Å². The molecule has 8 heteroatoms. The molecule has 0 spiro atoms. The van der Waals surface area contributed by atoms with Gasteiger partial charge in [0.15, 0.2) is 0 Å². The second kappa shape index (κ2) is 11.4. The minimum atomic E-state index is -0.820. The Labute approximate surface area is 203 Å². The number of rotatable bonds is 10. The van der Waals surface area contributed by atoms with Gasteiger partial charge < -0.3 is 20.5 Å². The molecule has 2 aliphatic rings. The molecule has 0 bridgehead atoms. The van der Waals surface area contributed by atoms with Crippen LogP contribution in [-0.2, 0) is 14.3 Å². The molecule has 180 valence electrons. The standard InChI is InChI=1S/C26H30N2O5S/c29-24(28-23-11-5-6-17(23)14-25(30)31)16-34-13-12-27-26(32)33-15-22-20-9-3-1-7-18(20)19-8-2-4-10-21(19)22/h1-4,7-10,17,22-23H,5-6,11-16H2,(H,27,32)(H,28,29)(H,30,31)/t17-,23+/m0/s1. The van der Waals surface area contributed by atoms with E-state index in [1.54, 1.807) is 0 Å². The highest BCUT2D eigenvalue weighted by atomic mass is 32.2. The summed E-state index contributed by atoms with van der Waals surface area (Å²) in [5.41, 5.74) is 4.72. The van der Waals surface area contributed by atoms with E-state index in [1.807, 2.05) is 24.3 Å². The highest BCUT2D eigenvalue weighted by molar-refractivity contribution is 7.99. The maximum atomic E-state index is 12.2. The third-order valence-electron chi connectivity index (χ3n) is 6.53. The predicted octanol–water partition coefficient (Wildman–Crippen LogP) is 4.02. The van der Waals surface area contributed by atoms with Crippen LogP contribution in [0.25, 0.3) is 11.1 Å². The smallest absolute Gasteiger partial charge is 0.407 e. The molecule has 3 N–H and O–H groups in total. The van der Waals surface area contributed by atoms with E-state index in [-0.39, 0.29) is 42.6 Å². The number of carboxylic acid groups (broad SMARTS) is 1. The Kier molecular flexibility index (Phi) is 8.11. The molecule has 2 aliphatic carbocycles. The number of ether oxygens (including phenoxy) is 1. The molecule has 1 fully saturated rings. The average molecular weight is 483 g/mol. The molecule has 2 aromatic carbocycles. The van der Waals surface area contributed by atoms with E-state index in [1.165, 1.54) is 34.0 Å². The van der Waals surface area contributed by atoms with Gasteiger partial charge in [-0.05, 0) is 41.0 Å². The number of benzene rings is 2. The second-order valence-electron chi connectivity index (χ2n) is 8.77. The van der Waals surface area contributed by atoms with Gasteiger partial charge in [-0.15, -0.1) is 0 Å². The summed E-state index contributed by atoms with van der Waals surface area (Å²) >= 11 is 1.43. The minimum Gasteiger partial charge on any atom is -0.481 e. The molecule has 0 radical (unpaired) electrons. The van der Waals surface area contributed by atoms with Gasteiger partial charge >= 0.3 is 12.1 Å². The zero-order chi connectivity index (χ0) is 23.9. The SMILES string of the molecule is O=C(O)C[C@@H]1CCC[C@H]1NC(=O)CSCCNC(=O)OCC1c2ccccc2-c2ccccc21. The van der Waals surface area contributed by atoms with Gasteiger partial charge in [0.25, 0.3) is 0 Å². The lowest BCUT2D eigenvalue weighted by atomic mass is 9.98. The summed E-state index contributed by atoms with van der Waals surface area (Å²) < 4.78 is 5.51. The van der Waals surface area contributed by atoms with Gasteiger partial charge in [0.05, 0.1) is 12.2 Å². The highest BCUT2D eigenvalue weighted by Gasteiger charge is 2.30. The van der Waals surface area contributed by atoms with Crippen molar-refractivity contribution in [1.29, 1.82) is 0 Å².